The van der Waals surface area contributed by atoms with E-state index in [9.17, 15) is 0 Å². The third-order valence-corrected chi connectivity index (χ3v) is 2.05. The van der Waals surface area contributed by atoms with Gasteiger partial charge in [-0.15, -0.1) is 19.0 Å². The van der Waals surface area contributed by atoms with Crippen molar-refractivity contribution in [1.82, 2.24) is 0 Å². The van der Waals surface area contributed by atoms with Crippen molar-refractivity contribution in [2.45, 2.75) is 19.9 Å². The van der Waals surface area contributed by atoms with Crippen LogP contribution in [0.2, 0.25) is 0 Å². The van der Waals surface area contributed by atoms with Crippen LogP contribution in [0.1, 0.15) is 22.7 Å². The molecule has 0 saturated heterocycles. The van der Waals surface area contributed by atoms with Crippen LogP contribution in [0.5, 0.6) is 0 Å². The number of hydrogen-bond donors (Lipinski definition) is 1. The number of benzene rings is 1. The molecule has 72 valence electrons. The van der Waals surface area contributed by atoms with E-state index in [-0.39, 0.29) is 18.4 Å². The summed E-state index contributed by atoms with van der Waals surface area (Å²) in [6.07, 6.45) is 1.77. The van der Waals surface area contributed by atoms with E-state index in [1.807, 2.05) is 0 Å². The first-order chi connectivity index (χ1) is 5.65. The number of halogens is 1. The molecule has 0 radical (unpaired) electrons. The van der Waals surface area contributed by atoms with E-state index < -0.39 is 0 Å². The molecule has 0 amide bonds. The van der Waals surface area contributed by atoms with Crippen LogP contribution in [-0.4, -0.2) is 0 Å². The lowest BCUT2D eigenvalue weighted by atomic mass is 10.00. The SMILES string of the molecule is C=C[C@H](N)c1cc(C)ccc1C.Cl. The summed E-state index contributed by atoms with van der Waals surface area (Å²) in [6.45, 7) is 7.82. The van der Waals surface area contributed by atoms with Crippen molar-refractivity contribution in [3.63, 3.8) is 0 Å². The Morgan fingerprint density at radius 1 is 1.38 bits per heavy atom. The molecule has 13 heavy (non-hydrogen) atoms. The zero-order valence-electron chi connectivity index (χ0n) is 8.08. The minimum atomic E-state index is -0.0371. The lowest BCUT2D eigenvalue weighted by Crippen LogP contribution is -2.08. The van der Waals surface area contributed by atoms with Crippen LogP contribution in [-0.2, 0) is 0 Å². The molecule has 0 aromatic heterocycles. The van der Waals surface area contributed by atoms with Gasteiger partial charge in [0.05, 0.1) is 0 Å². The number of rotatable bonds is 2. The Balaban J connectivity index is 0.00000144. The molecule has 0 unspecified atom stereocenters. The van der Waals surface area contributed by atoms with Crippen LogP contribution in [0.4, 0.5) is 0 Å². The Morgan fingerprint density at radius 2 is 2.00 bits per heavy atom. The molecule has 0 spiro atoms. The number of aryl methyl sites for hydroxylation is 2. The minimum Gasteiger partial charge on any atom is -0.321 e. The molecule has 1 aromatic rings. The first-order valence-corrected chi connectivity index (χ1v) is 4.10. The van der Waals surface area contributed by atoms with Crippen LogP contribution in [0.25, 0.3) is 0 Å². The second kappa shape index (κ2) is 5.05. The fraction of sp³-hybridized carbons (Fsp3) is 0.273. The van der Waals surface area contributed by atoms with Crippen molar-refractivity contribution in [3.05, 3.63) is 47.5 Å². The highest BCUT2D eigenvalue weighted by Crippen LogP contribution is 2.17. The standard InChI is InChI=1S/C11H15N.ClH/c1-4-11(12)10-7-8(2)5-6-9(10)3;/h4-7,11H,1,12H2,2-3H3;1H/t11-;/m0./s1. The highest BCUT2D eigenvalue weighted by Gasteiger charge is 2.03. The molecule has 1 aromatic carbocycles. The van der Waals surface area contributed by atoms with Crippen molar-refractivity contribution in [3.8, 4) is 0 Å². The van der Waals surface area contributed by atoms with Gasteiger partial charge in [0, 0.05) is 6.04 Å². The number of hydrogen-bond acceptors (Lipinski definition) is 1. The second-order valence-corrected chi connectivity index (χ2v) is 3.12. The molecule has 1 nitrogen and oxygen atoms in total. The molecular formula is C11H16ClN. The summed E-state index contributed by atoms with van der Waals surface area (Å²) >= 11 is 0. The van der Waals surface area contributed by atoms with Gasteiger partial charge in [0.2, 0.25) is 0 Å². The average molecular weight is 198 g/mol. The quantitative estimate of drug-likeness (QED) is 0.725. The fourth-order valence-corrected chi connectivity index (χ4v) is 1.25. The molecule has 2 N–H and O–H groups in total. The number of nitrogens with two attached hydrogens (primary N) is 1. The van der Waals surface area contributed by atoms with Gasteiger partial charge in [0.1, 0.15) is 0 Å². The zero-order chi connectivity index (χ0) is 9.14. The highest BCUT2D eigenvalue weighted by molar-refractivity contribution is 5.85. The van der Waals surface area contributed by atoms with E-state index in [4.69, 9.17) is 5.73 Å². The van der Waals surface area contributed by atoms with Gasteiger partial charge in [-0.25, -0.2) is 0 Å². The van der Waals surface area contributed by atoms with Crippen molar-refractivity contribution in [2.24, 2.45) is 5.73 Å². The molecule has 0 saturated carbocycles. The molecule has 0 aliphatic heterocycles. The summed E-state index contributed by atoms with van der Waals surface area (Å²) in [5.41, 5.74) is 9.49. The molecule has 0 aliphatic rings. The van der Waals surface area contributed by atoms with Crippen molar-refractivity contribution in [1.29, 1.82) is 0 Å². The Hall–Kier alpha value is -0.790. The second-order valence-electron chi connectivity index (χ2n) is 3.12. The molecule has 0 fully saturated rings. The third kappa shape index (κ3) is 2.87. The summed E-state index contributed by atoms with van der Waals surface area (Å²) in [6, 6.07) is 6.26. The van der Waals surface area contributed by atoms with Gasteiger partial charge in [-0.2, -0.15) is 0 Å². The molecule has 2 heteroatoms. The van der Waals surface area contributed by atoms with Crippen LogP contribution in [0, 0.1) is 13.8 Å². The third-order valence-electron chi connectivity index (χ3n) is 2.05. The van der Waals surface area contributed by atoms with Gasteiger partial charge < -0.3 is 5.73 Å². The molecular weight excluding hydrogens is 182 g/mol. The maximum Gasteiger partial charge on any atom is 0.0481 e. The van der Waals surface area contributed by atoms with Gasteiger partial charge >= 0.3 is 0 Å². The highest BCUT2D eigenvalue weighted by atomic mass is 35.5. The van der Waals surface area contributed by atoms with Crippen LogP contribution in [0.3, 0.4) is 0 Å². The predicted octanol–water partition coefficient (Wildman–Crippen LogP) is 2.91. The van der Waals surface area contributed by atoms with Gasteiger partial charge in [-0.1, -0.05) is 29.8 Å². The van der Waals surface area contributed by atoms with E-state index in [1.54, 1.807) is 6.08 Å². The van der Waals surface area contributed by atoms with E-state index in [2.05, 4.69) is 38.6 Å². The largest absolute Gasteiger partial charge is 0.321 e. The Morgan fingerprint density at radius 3 is 2.54 bits per heavy atom. The minimum absolute atomic E-state index is 0. The summed E-state index contributed by atoms with van der Waals surface area (Å²) in [5.74, 6) is 0. The summed E-state index contributed by atoms with van der Waals surface area (Å²) in [7, 11) is 0. The summed E-state index contributed by atoms with van der Waals surface area (Å²) < 4.78 is 0. The maximum absolute atomic E-state index is 5.85. The average Bonchev–Trinajstić information content (AvgIpc) is 2.08. The van der Waals surface area contributed by atoms with Crippen molar-refractivity contribution in [2.75, 3.05) is 0 Å². The predicted molar refractivity (Wildman–Crippen MR) is 60.3 cm³/mol. The van der Waals surface area contributed by atoms with Gasteiger partial charge in [0.15, 0.2) is 0 Å². The smallest absolute Gasteiger partial charge is 0.0481 e. The summed E-state index contributed by atoms with van der Waals surface area (Å²) in [5, 5.41) is 0. The van der Waals surface area contributed by atoms with Crippen molar-refractivity contribution >= 4 is 12.4 Å². The normalized spacial score (nSPS) is 11.6. The topological polar surface area (TPSA) is 26.0 Å². The van der Waals surface area contributed by atoms with Crippen molar-refractivity contribution < 1.29 is 0 Å². The zero-order valence-corrected chi connectivity index (χ0v) is 8.90. The molecule has 1 rings (SSSR count). The van der Waals surface area contributed by atoms with Gasteiger partial charge in [-0.3, -0.25) is 0 Å². The van der Waals surface area contributed by atoms with Gasteiger partial charge in [0.25, 0.3) is 0 Å². The van der Waals surface area contributed by atoms with E-state index in [0.717, 1.165) is 0 Å². The first kappa shape index (κ1) is 12.2. The monoisotopic (exact) mass is 197 g/mol. The Bertz CT molecular complexity index is 294. The molecule has 0 bridgehead atoms. The van der Waals surface area contributed by atoms with Crippen LogP contribution >= 0.6 is 12.4 Å². The molecule has 0 heterocycles. The summed E-state index contributed by atoms with van der Waals surface area (Å²) in [4.78, 5) is 0. The Labute approximate surface area is 86.1 Å². The lowest BCUT2D eigenvalue weighted by molar-refractivity contribution is 0.900. The van der Waals surface area contributed by atoms with E-state index in [0.29, 0.717) is 0 Å². The first-order valence-electron chi connectivity index (χ1n) is 4.10. The lowest BCUT2D eigenvalue weighted by Gasteiger charge is -2.10. The fourth-order valence-electron chi connectivity index (χ4n) is 1.25. The molecule has 1 atom stereocenters. The van der Waals surface area contributed by atoms with Crippen LogP contribution in [0.15, 0.2) is 30.9 Å². The van der Waals surface area contributed by atoms with Gasteiger partial charge in [-0.05, 0) is 25.0 Å². The maximum atomic E-state index is 5.85. The van der Waals surface area contributed by atoms with Crippen LogP contribution < -0.4 is 5.73 Å². The Kier molecular flexibility index (Phi) is 4.74. The molecule has 0 aliphatic carbocycles. The van der Waals surface area contributed by atoms with E-state index >= 15 is 0 Å². The van der Waals surface area contributed by atoms with E-state index in [1.165, 1.54) is 16.7 Å².